The summed E-state index contributed by atoms with van der Waals surface area (Å²) in [5, 5.41) is 11.9. The highest BCUT2D eigenvalue weighted by molar-refractivity contribution is 5.91. The van der Waals surface area contributed by atoms with E-state index in [2.05, 4.69) is 11.4 Å². The number of anilines is 1. The van der Waals surface area contributed by atoms with E-state index < -0.39 is 0 Å². The molecule has 0 radical (unpaired) electrons. The fourth-order valence-corrected chi connectivity index (χ4v) is 4.16. The molecule has 1 saturated heterocycles. The molecule has 4 nitrogen and oxygen atoms in total. The van der Waals surface area contributed by atoms with Crippen LogP contribution in [0.15, 0.2) is 24.3 Å². The number of nitrogens with zero attached hydrogens (tertiary/aromatic N) is 1. The molecule has 1 amide bonds. The van der Waals surface area contributed by atoms with E-state index in [1.165, 1.54) is 43.4 Å². The molecule has 1 unspecified atom stereocenters. The summed E-state index contributed by atoms with van der Waals surface area (Å²) in [7, 11) is 0. The molecule has 22 heavy (non-hydrogen) atoms. The van der Waals surface area contributed by atoms with Crippen LogP contribution in [-0.2, 0) is 4.79 Å². The van der Waals surface area contributed by atoms with Gasteiger partial charge in [-0.2, -0.15) is 5.26 Å². The van der Waals surface area contributed by atoms with Gasteiger partial charge in [-0.25, -0.2) is 0 Å². The second-order valence-corrected chi connectivity index (χ2v) is 6.62. The van der Waals surface area contributed by atoms with Crippen LogP contribution in [0.5, 0.6) is 0 Å². The predicted octanol–water partition coefficient (Wildman–Crippen LogP) is 1.73. The molecule has 1 aromatic carbocycles. The molecule has 3 atom stereocenters. The summed E-state index contributed by atoms with van der Waals surface area (Å²) in [5.41, 5.74) is 1.30. The topological polar surface area (TPSA) is 57.3 Å². The fourth-order valence-electron chi connectivity index (χ4n) is 4.16. The van der Waals surface area contributed by atoms with Gasteiger partial charge in [0.1, 0.15) is 0 Å². The van der Waals surface area contributed by atoms with Crippen LogP contribution in [0.2, 0.25) is 0 Å². The van der Waals surface area contributed by atoms with E-state index in [-0.39, 0.29) is 5.91 Å². The Morgan fingerprint density at radius 1 is 1.27 bits per heavy atom. The number of hydrogen-bond donors (Lipinski definition) is 2. The van der Waals surface area contributed by atoms with E-state index >= 15 is 0 Å². The number of piperidine rings is 1. The molecule has 0 spiro atoms. The highest BCUT2D eigenvalue weighted by atomic mass is 16.2. The smallest absolute Gasteiger partial charge is 0.279 e. The minimum absolute atomic E-state index is 0.0660. The van der Waals surface area contributed by atoms with Gasteiger partial charge in [-0.15, -0.1) is 0 Å². The van der Waals surface area contributed by atoms with E-state index in [4.69, 9.17) is 5.26 Å². The minimum atomic E-state index is 0.0660. The molecular formula is C18H24N3O+. The van der Waals surface area contributed by atoms with Gasteiger partial charge in [0.25, 0.3) is 5.91 Å². The van der Waals surface area contributed by atoms with Crippen molar-refractivity contribution in [3.8, 4) is 6.07 Å². The maximum Gasteiger partial charge on any atom is 0.279 e. The van der Waals surface area contributed by atoms with Gasteiger partial charge < -0.3 is 10.2 Å². The van der Waals surface area contributed by atoms with Gasteiger partial charge in [0.05, 0.1) is 24.2 Å². The Labute approximate surface area is 132 Å². The predicted molar refractivity (Wildman–Crippen MR) is 85.5 cm³/mol. The van der Waals surface area contributed by atoms with Crippen LogP contribution >= 0.6 is 0 Å². The third kappa shape index (κ3) is 3.48. The second kappa shape index (κ2) is 6.93. The van der Waals surface area contributed by atoms with Crippen molar-refractivity contribution >= 4 is 11.6 Å². The molecule has 1 aliphatic carbocycles. The summed E-state index contributed by atoms with van der Waals surface area (Å²) in [6.07, 6.45) is 7.89. The van der Waals surface area contributed by atoms with Crippen LogP contribution in [0.25, 0.3) is 0 Å². The summed E-state index contributed by atoms with van der Waals surface area (Å²) in [6.45, 7) is 1.67. The Bertz CT molecular complexity index is 576. The number of amides is 1. The highest BCUT2D eigenvalue weighted by Gasteiger charge is 2.37. The van der Waals surface area contributed by atoms with Gasteiger partial charge in [-0.1, -0.05) is 12.5 Å². The van der Waals surface area contributed by atoms with E-state index in [0.717, 1.165) is 18.2 Å². The third-order valence-electron chi connectivity index (χ3n) is 5.17. The lowest BCUT2D eigenvalue weighted by Crippen LogP contribution is -3.18. The van der Waals surface area contributed by atoms with Crippen molar-refractivity contribution in [1.82, 2.24) is 0 Å². The Morgan fingerprint density at radius 2 is 2.09 bits per heavy atom. The molecule has 1 aromatic rings. The van der Waals surface area contributed by atoms with Crippen LogP contribution in [0.4, 0.5) is 5.69 Å². The number of nitriles is 1. The van der Waals surface area contributed by atoms with Crippen LogP contribution in [-0.4, -0.2) is 25.0 Å². The molecule has 4 heteroatoms. The summed E-state index contributed by atoms with van der Waals surface area (Å²) in [6, 6.07) is 9.90. The Balaban J connectivity index is 1.60. The van der Waals surface area contributed by atoms with Gasteiger partial charge in [0.15, 0.2) is 6.54 Å². The van der Waals surface area contributed by atoms with Crippen molar-refractivity contribution in [1.29, 1.82) is 5.26 Å². The van der Waals surface area contributed by atoms with Crippen molar-refractivity contribution < 1.29 is 9.69 Å². The van der Waals surface area contributed by atoms with Gasteiger partial charge in [0.2, 0.25) is 0 Å². The molecule has 2 N–H and O–H groups in total. The Morgan fingerprint density at radius 3 is 2.95 bits per heavy atom. The number of fused-ring (bicyclic) bond motifs is 1. The Hall–Kier alpha value is -1.86. The van der Waals surface area contributed by atoms with Crippen LogP contribution in [0.1, 0.15) is 44.1 Å². The summed E-state index contributed by atoms with van der Waals surface area (Å²) >= 11 is 0. The van der Waals surface area contributed by atoms with Crippen molar-refractivity contribution in [2.75, 3.05) is 18.4 Å². The first-order valence-electron chi connectivity index (χ1n) is 8.41. The van der Waals surface area contributed by atoms with Crippen LogP contribution in [0, 0.1) is 17.2 Å². The molecule has 2 aliphatic rings. The number of quaternary nitrogens is 1. The largest absolute Gasteiger partial charge is 0.324 e. The van der Waals surface area contributed by atoms with Gasteiger partial charge in [-0.05, 0) is 50.3 Å². The lowest BCUT2D eigenvalue weighted by Gasteiger charge is -2.40. The first-order chi connectivity index (χ1) is 10.8. The van der Waals surface area contributed by atoms with Gasteiger partial charge >= 0.3 is 0 Å². The summed E-state index contributed by atoms with van der Waals surface area (Å²) in [4.78, 5) is 13.8. The van der Waals surface area contributed by atoms with Crippen molar-refractivity contribution in [2.45, 2.75) is 44.6 Å². The normalized spacial score (nSPS) is 27.5. The monoisotopic (exact) mass is 298 g/mol. The average molecular weight is 298 g/mol. The zero-order valence-corrected chi connectivity index (χ0v) is 13.0. The zero-order chi connectivity index (χ0) is 15.4. The highest BCUT2D eigenvalue weighted by Crippen LogP contribution is 2.28. The maximum absolute atomic E-state index is 12.3. The number of hydrogen-bond acceptors (Lipinski definition) is 2. The molecule has 116 valence electrons. The standard InChI is InChI=1S/C18H23N3O/c19-12-14-5-3-8-16(11-14)20-18(22)13-21-10-4-7-15-6-1-2-9-17(15)21/h3,5,8,11,15,17H,1-2,4,6-7,9-10,13H2,(H,20,22)/p+1/t15-,17+/m1/s1. The summed E-state index contributed by atoms with van der Waals surface area (Å²) < 4.78 is 0. The van der Waals surface area contributed by atoms with Gasteiger partial charge in [0, 0.05) is 11.6 Å². The van der Waals surface area contributed by atoms with E-state index in [1.54, 1.807) is 18.2 Å². The minimum Gasteiger partial charge on any atom is -0.324 e. The van der Waals surface area contributed by atoms with Gasteiger partial charge in [-0.3, -0.25) is 4.79 Å². The number of likely N-dealkylation sites (tertiary alicyclic amines) is 1. The number of nitrogens with one attached hydrogen (secondary N) is 2. The first kappa shape index (κ1) is 15.1. The maximum atomic E-state index is 12.3. The molecule has 1 saturated carbocycles. The zero-order valence-electron chi connectivity index (χ0n) is 13.0. The van der Waals surface area contributed by atoms with Crippen LogP contribution < -0.4 is 10.2 Å². The van der Waals surface area contributed by atoms with Crippen molar-refractivity contribution in [3.63, 3.8) is 0 Å². The number of carbonyl (C=O) groups excluding carboxylic acids is 1. The molecular weight excluding hydrogens is 274 g/mol. The molecule has 1 heterocycles. The number of rotatable bonds is 3. The van der Waals surface area contributed by atoms with Crippen molar-refractivity contribution in [3.05, 3.63) is 29.8 Å². The van der Waals surface area contributed by atoms with Crippen molar-refractivity contribution in [2.24, 2.45) is 5.92 Å². The second-order valence-electron chi connectivity index (χ2n) is 6.62. The summed E-state index contributed by atoms with van der Waals surface area (Å²) in [5.74, 6) is 0.892. The molecule has 0 aromatic heterocycles. The number of benzene rings is 1. The molecule has 1 aliphatic heterocycles. The van der Waals surface area contributed by atoms with E-state index in [9.17, 15) is 4.79 Å². The quantitative estimate of drug-likeness (QED) is 0.893. The molecule has 3 rings (SSSR count). The SMILES string of the molecule is N#Cc1cccc(NC(=O)C[NH+]2CCC[C@H]3CCCC[C@@H]32)c1. The van der Waals surface area contributed by atoms with Crippen LogP contribution in [0.3, 0.4) is 0 Å². The molecule has 0 bridgehead atoms. The van der Waals surface area contributed by atoms with E-state index in [0.29, 0.717) is 18.2 Å². The first-order valence-corrected chi connectivity index (χ1v) is 8.41. The number of carbonyl (C=O) groups is 1. The molecule has 2 fully saturated rings. The lowest BCUT2D eigenvalue weighted by atomic mass is 9.78. The van der Waals surface area contributed by atoms with E-state index in [1.807, 2.05) is 6.07 Å². The Kier molecular flexibility index (Phi) is 4.74. The lowest BCUT2D eigenvalue weighted by molar-refractivity contribution is -0.928. The fraction of sp³-hybridized carbons (Fsp3) is 0.556. The average Bonchev–Trinajstić information content (AvgIpc) is 2.55. The third-order valence-corrected chi connectivity index (χ3v) is 5.17.